The summed E-state index contributed by atoms with van der Waals surface area (Å²) in [6, 6.07) is 0. The molecule has 0 amide bonds. The zero-order valence-electron chi connectivity index (χ0n) is 12.8. The van der Waals surface area contributed by atoms with Gasteiger partial charge in [-0.05, 0) is 56.0 Å². The van der Waals surface area contributed by atoms with Crippen molar-refractivity contribution in [3.8, 4) is 0 Å². The number of likely N-dealkylation sites (tertiary alicyclic amines) is 1. The average Bonchev–Trinajstić information content (AvgIpc) is 2.34. The molecule has 0 radical (unpaired) electrons. The second kappa shape index (κ2) is 6.93. The van der Waals surface area contributed by atoms with E-state index in [2.05, 4.69) is 25.7 Å². The molecule has 0 aromatic heterocycles. The van der Waals surface area contributed by atoms with Gasteiger partial charge in [0.05, 0.1) is 0 Å². The van der Waals surface area contributed by atoms with Crippen LogP contribution < -0.4 is 0 Å². The van der Waals surface area contributed by atoms with Crippen molar-refractivity contribution in [3.05, 3.63) is 0 Å². The van der Waals surface area contributed by atoms with Crippen molar-refractivity contribution < 1.29 is 0 Å². The van der Waals surface area contributed by atoms with Crippen molar-refractivity contribution in [1.29, 1.82) is 0 Å². The van der Waals surface area contributed by atoms with E-state index in [1.54, 1.807) is 0 Å². The lowest BCUT2D eigenvalue weighted by Gasteiger charge is -2.37. The highest BCUT2D eigenvalue weighted by Gasteiger charge is 2.26. The molecule has 0 bridgehead atoms. The smallest absolute Gasteiger partial charge is 0.000439 e. The molecule has 2 rings (SSSR count). The zero-order chi connectivity index (χ0) is 13.0. The van der Waals surface area contributed by atoms with Crippen LogP contribution in [0, 0.1) is 23.7 Å². The summed E-state index contributed by atoms with van der Waals surface area (Å²) in [5.74, 6) is 3.94. The lowest BCUT2D eigenvalue weighted by molar-refractivity contribution is 0.131. The molecule has 0 aromatic carbocycles. The molecule has 1 heterocycles. The Morgan fingerprint density at radius 3 is 2.28 bits per heavy atom. The zero-order valence-corrected chi connectivity index (χ0v) is 12.8. The van der Waals surface area contributed by atoms with Gasteiger partial charge in [-0.25, -0.2) is 0 Å². The standard InChI is InChI=1S/C17H33N/c1-14(2)13-18-10-8-16(9-11-18)12-17-7-5-4-6-15(17)3/h14-17H,4-13H2,1-3H3. The first-order valence-corrected chi connectivity index (χ1v) is 8.37. The van der Waals surface area contributed by atoms with Crippen LogP contribution in [0.1, 0.15) is 65.7 Å². The maximum atomic E-state index is 2.69. The third-order valence-electron chi connectivity index (χ3n) is 5.26. The number of rotatable bonds is 4. The van der Waals surface area contributed by atoms with Crippen LogP contribution in [0.3, 0.4) is 0 Å². The Balaban J connectivity index is 1.69. The Hall–Kier alpha value is -0.0400. The Kier molecular flexibility index (Phi) is 5.54. The van der Waals surface area contributed by atoms with Gasteiger partial charge in [-0.2, -0.15) is 0 Å². The fourth-order valence-corrected chi connectivity index (χ4v) is 4.09. The van der Waals surface area contributed by atoms with Crippen molar-refractivity contribution in [1.82, 2.24) is 4.90 Å². The maximum Gasteiger partial charge on any atom is 0.000439 e. The van der Waals surface area contributed by atoms with E-state index in [1.807, 2.05) is 0 Å². The highest BCUT2D eigenvalue weighted by Crippen LogP contribution is 2.36. The summed E-state index contributed by atoms with van der Waals surface area (Å²) in [6.07, 6.45) is 10.5. The summed E-state index contributed by atoms with van der Waals surface area (Å²) in [4.78, 5) is 2.69. The van der Waals surface area contributed by atoms with Crippen LogP contribution in [-0.2, 0) is 0 Å². The summed E-state index contributed by atoms with van der Waals surface area (Å²) >= 11 is 0. The Labute approximate surface area is 114 Å². The molecule has 2 fully saturated rings. The predicted molar refractivity (Wildman–Crippen MR) is 79.7 cm³/mol. The quantitative estimate of drug-likeness (QED) is 0.707. The van der Waals surface area contributed by atoms with E-state index in [1.165, 1.54) is 64.6 Å². The molecule has 1 aliphatic heterocycles. The summed E-state index contributed by atoms with van der Waals surface area (Å²) in [6.45, 7) is 11.2. The lowest BCUT2D eigenvalue weighted by atomic mass is 9.74. The summed E-state index contributed by atoms with van der Waals surface area (Å²) in [7, 11) is 0. The van der Waals surface area contributed by atoms with Crippen molar-refractivity contribution in [3.63, 3.8) is 0 Å². The van der Waals surface area contributed by atoms with E-state index in [9.17, 15) is 0 Å². The van der Waals surface area contributed by atoms with Crippen molar-refractivity contribution >= 4 is 0 Å². The highest BCUT2D eigenvalue weighted by molar-refractivity contribution is 4.79. The molecule has 0 spiro atoms. The minimum atomic E-state index is 0.833. The first kappa shape index (κ1) is 14.4. The second-order valence-corrected chi connectivity index (χ2v) is 7.40. The highest BCUT2D eigenvalue weighted by atomic mass is 15.1. The second-order valence-electron chi connectivity index (χ2n) is 7.40. The van der Waals surface area contributed by atoms with Gasteiger partial charge in [-0.1, -0.05) is 46.5 Å². The van der Waals surface area contributed by atoms with Gasteiger partial charge in [-0.3, -0.25) is 0 Å². The summed E-state index contributed by atoms with van der Waals surface area (Å²) < 4.78 is 0. The average molecular weight is 251 g/mol. The lowest BCUT2D eigenvalue weighted by Crippen LogP contribution is -2.37. The van der Waals surface area contributed by atoms with Gasteiger partial charge in [-0.15, -0.1) is 0 Å². The molecule has 2 atom stereocenters. The molecule has 18 heavy (non-hydrogen) atoms. The molecule has 1 heteroatoms. The van der Waals surface area contributed by atoms with E-state index in [-0.39, 0.29) is 0 Å². The molecule has 2 aliphatic rings. The number of nitrogens with zero attached hydrogens (tertiary/aromatic N) is 1. The van der Waals surface area contributed by atoms with Crippen LogP contribution in [0.25, 0.3) is 0 Å². The molecule has 1 nitrogen and oxygen atoms in total. The number of hydrogen-bond donors (Lipinski definition) is 0. The Morgan fingerprint density at radius 1 is 1.00 bits per heavy atom. The van der Waals surface area contributed by atoms with E-state index in [0.717, 1.165) is 23.7 Å². The van der Waals surface area contributed by atoms with Crippen LogP contribution in [0.2, 0.25) is 0 Å². The molecule has 106 valence electrons. The van der Waals surface area contributed by atoms with Crippen LogP contribution in [0.15, 0.2) is 0 Å². The Morgan fingerprint density at radius 2 is 1.67 bits per heavy atom. The third-order valence-corrected chi connectivity index (χ3v) is 5.26. The van der Waals surface area contributed by atoms with Gasteiger partial charge in [0.1, 0.15) is 0 Å². The van der Waals surface area contributed by atoms with Crippen LogP contribution in [0.4, 0.5) is 0 Å². The van der Waals surface area contributed by atoms with Crippen LogP contribution in [-0.4, -0.2) is 24.5 Å². The molecule has 0 N–H and O–H groups in total. The first-order valence-electron chi connectivity index (χ1n) is 8.37. The monoisotopic (exact) mass is 251 g/mol. The molecule has 0 aromatic rings. The summed E-state index contributed by atoms with van der Waals surface area (Å²) in [5, 5.41) is 0. The molecule has 2 unspecified atom stereocenters. The normalized spacial score (nSPS) is 32.0. The maximum absolute atomic E-state index is 2.69. The third kappa shape index (κ3) is 4.26. The van der Waals surface area contributed by atoms with Gasteiger partial charge >= 0.3 is 0 Å². The van der Waals surface area contributed by atoms with Gasteiger partial charge in [0.15, 0.2) is 0 Å². The predicted octanol–water partition coefficient (Wildman–Crippen LogP) is 4.57. The van der Waals surface area contributed by atoms with Gasteiger partial charge in [0.25, 0.3) is 0 Å². The minimum absolute atomic E-state index is 0.833. The van der Waals surface area contributed by atoms with Gasteiger partial charge in [0.2, 0.25) is 0 Å². The van der Waals surface area contributed by atoms with E-state index < -0.39 is 0 Å². The van der Waals surface area contributed by atoms with Gasteiger partial charge < -0.3 is 4.90 Å². The minimum Gasteiger partial charge on any atom is -0.303 e. The summed E-state index contributed by atoms with van der Waals surface area (Å²) in [5.41, 5.74) is 0. The molecule has 1 saturated carbocycles. The molecular weight excluding hydrogens is 218 g/mol. The largest absolute Gasteiger partial charge is 0.303 e. The number of piperidine rings is 1. The van der Waals surface area contributed by atoms with Crippen molar-refractivity contribution in [2.45, 2.75) is 65.7 Å². The fraction of sp³-hybridized carbons (Fsp3) is 1.00. The number of hydrogen-bond acceptors (Lipinski definition) is 1. The molecule has 1 saturated heterocycles. The van der Waals surface area contributed by atoms with E-state index in [0.29, 0.717) is 0 Å². The van der Waals surface area contributed by atoms with Gasteiger partial charge in [0, 0.05) is 6.54 Å². The van der Waals surface area contributed by atoms with E-state index in [4.69, 9.17) is 0 Å². The Bertz CT molecular complexity index is 228. The SMILES string of the molecule is CC(C)CN1CCC(CC2CCCCC2C)CC1. The van der Waals surface area contributed by atoms with E-state index >= 15 is 0 Å². The topological polar surface area (TPSA) is 3.24 Å². The molecular formula is C17H33N. The fourth-order valence-electron chi connectivity index (χ4n) is 4.09. The van der Waals surface area contributed by atoms with Crippen molar-refractivity contribution in [2.24, 2.45) is 23.7 Å². The van der Waals surface area contributed by atoms with Crippen LogP contribution >= 0.6 is 0 Å². The van der Waals surface area contributed by atoms with Crippen LogP contribution in [0.5, 0.6) is 0 Å². The van der Waals surface area contributed by atoms with Crippen molar-refractivity contribution in [2.75, 3.05) is 19.6 Å². The molecule has 1 aliphatic carbocycles. The first-order chi connectivity index (χ1) is 8.65.